The van der Waals surface area contributed by atoms with Gasteiger partial charge in [-0.3, -0.25) is 4.79 Å². The second-order valence-corrected chi connectivity index (χ2v) is 4.54. The van der Waals surface area contributed by atoms with E-state index in [1.54, 1.807) is 0 Å². The van der Waals surface area contributed by atoms with Crippen molar-refractivity contribution in [2.24, 2.45) is 5.92 Å². The SMILES string of the molecule is O=C(O)CCCCCNCCC1CCC1. The quantitative estimate of drug-likeness (QED) is 0.578. The summed E-state index contributed by atoms with van der Waals surface area (Å²) >= 11 is 0. The van der Waals surface area contributed by atoms with Crippen molar-refractivity contribution in [1.29, 1.82) is 0 Å². The monoisotopic (exact) mass is 213 g/mol. The van der Waals surface area contributed by atoms with Gasteiger partial charge in [0.2, 0.25) is 0 Å². The van der Waals surface area contributed by atoms with E-state index in [0.717, 1.165) is 38.3 Å². The van der Waals surface area contributed by atoms with Crippen LogP contribution in [-0.4, -0.2) is 24.2 Å². The van der Waals surface area contributed by atoms with Gasteiger partial charge in [-0.1, -0.05) is 25.7 Å². The minimum atomic E-state index is -0.673. The van der Waals surface area contributed by atoms with Crippen LogP contribution in [0.4, 0.5) is 0 Å². The first-order valence-corrected chi connectivity index (χ1v) is 6.21. The van der Waals surface area contributed by atoms with Crippen molar-refractivity contribution in [2.45, 2.75) is 51.4 Å². The van der Waals surface area contributed by atoms with Gasteiger partial charge in [-0.15, -0.1) is 0 Å². The highest BCUT2D eigenvalue weighted by Gasteiger charge is 2.15. The minimum absolute atomic E-state index is 0.322. The fraction of sp³-hybridized carbons (Fsp3) is 0.917. The van der Waals surface area contributed by atoms with Crippen LogP contribution in [0.5, 0.6) is 0 Å². The van der Waals surface area contributed by atoms with Gasteiger partial charge in [0.05, 0.1) is 0 Å². The molecule has 15 heavy (non-hydrogen) atoms. The van der Waals surface area contributed by atoms with Crippen molar-refractivity contribution in [3.63, 3.8) is 0 Å². The van der Waals surface area contributed by atoms with E-state index in [0.29, 0.717) is 6.42 Å². The number of aliphatic carboxylic acids is 1. The average Bonchev–Trinajstić information content (AvgIpc) is 2.12. The van der Waals surface area contributed by atoms with E-state index in [1.165, 1.54) is 25.7 Å². The predicted molar refractivity (Wildman–Crippen MR) is 60.9 cm³/mol. The van der Waals surface area contributed by atoms with Crippen molar-refractivity contribution in [3.05, 3.63) is 0 Å². The molecular formula is C12H23NO2. The summed E-state index contributed by atoms with van der Waals surface area (Å²) in [4.78, 5) is 10.2. The largest absolute Gasteiger partial charge is 0.481 e. The van der Waals surface area contributed by atoms with Crippen LogP contribution in [0.3, 0.4) is 0 Å². The smallest absolute Gasteiger partial charge is 0.303 e. The van der Waals surface area contributed by atoms with E-state index < -0.39 is 5.97 Å². The number of rotatable bonds is 9. The molecule has 0 unspecified atom stereocenters. The summed E-state index contributed by atoms with van der Waals surface area (Å²) in [5, 5.41) is 11.9. The molecule has 0 heterocycles. The fourth-order valence-corrected chi connectivity index (χ4v) is 1.92. The Bertz CT molecular complexity index is 178. The van der Waals surface area contributed by atoms with Gasteiger partial charge in [0, 0.05) is 6.42 Å². The van der Waals surface area contributed by atoms with Crippen LogP contribution in [0.1, 0.15) is 51.4 Å². The Hall–Kier alpha value is -0.570. The maximum absolute atomic E-state index is 10.2. The predicted octanol–water partition coefficient (Wildman–Crippen LogP) is 2.41. The van der Waals surface area contributed by atoms with Gasteiger partial charge >= 0.3 is 5.97 Å². The summed E-state index contributed by atoms with van der Waals surface area (Å²) in [6.07, 6.45) is 8.90. The average molecular weight is 213 g/mol. The molecule has 1 fully saturated rings. The molecule has 1 aliphatic carbocycles. The molecule has 0 aromatic carbocycles. The zero-order valence-electron chi connectivity index (χ0n) is 9.50. The Kier molecular flexibility index (Phi) is 6.41. The molecule has 0 saturated heterocycles. The Labute approximate surface area is 92.3 Å². The summed E-state index contributed by atoms with van der Waals surface area (Å²) in [7, 11) is 0. The Balaban J connectivity index is 1.71. The van der Waals surface area contributed by atoms with Crippen LogP contribution in [-0.2, 0) is 4.79 Å². The molecule has 3 heteroatoms. The van der Waals surface area contributed by atoms with Crippen LogP contribution in [0.15, 0.2) is 0 Å². The lowest BCUT2D eigenvalue weighted by Gasteiger charge is -2.25. The maximum atomic E-state index is 10.2. The highest BCUT2D eigenvalue weighted by molar-refractivity contribution is 5.66. The van der Waals surface area contributed by atoms with Crippen molar-refractivity contribution in [2.75, 3.05) is 13.1 Å². The van der Waals surface area contributed by atoms with Crippen molar-refractivity contribution in [3.8, 4) is 0 Å². The Morgan fingerprint density at radius 1 is 1.20 bits per heavy atom. The summed E-state index contributed by atoms with van der Waals surface area (Å²) < 4.78 is 0. The molecule has 1 saturated carbocycles. The van der Waals surface area contributed by atoms with Crippen LogP contribution in [0, 0.1) is 5.92 Å². The van der Waals surface area contributed by atoms with Gasteiger partial charge in [0.15, 0.2) is 0 Å². The highest BCUT2D eigenvalue weighted by Crippen LogP contribution is 2.28. The molecule has 0 spiro atoms. The molecule has 2 N–H and O–H groups in total. The van der Waals surface area contributed by atoms with Crippen molar-refractivity contribution >= 4 is 5.97 Å². The summed E-state index contributed by atoms with van der Waals surface area (Å²) in [5.74, 6) is 0.317. The number of hydrogen-bond donors (Lipinski definition) is 2. The van der Waals surface area contributed by atoms with E-state index in [9.17, 15) is 4.79 Å². The van der Waals surface area contributed by atoms with E-state index >= 15 is 0 Å². The molecule has 0 aliphatic heterocycles. The molecular weight excluding hydrogens is 190 g/mol. The highest BCUT2D eigenvalue weighted by atomic mass is 16.4. The lowest BCUT2D eigenvalue weighted by molar-refractivity contribution is -0.137. The lowest BCUT2D eigenvalue weighted by atomic mass is 9.83. The van der Waals surface area contributed by atoms with Gasteiger partial charge in [-0.05, 0) is 38.3 Å². The van der Waals surface area contributed by atoms with Gasteiger partial charge in [0.1, 0.15) is 0 Å². The molecule has 0 aromatic rings. The Morgan fingerprint density at radius 2 is 2.00 bits per heavy atom. The summed E-state index contributed by atoms with van der Waals surface area (Å²) in [6, 6.07) is 0. The van der Waals surface area contributed by atoms with Crippen molar-refractivity contribution < 1.29 is 9.90 Å². The zero-order valence-corrected chi connectivity index (χ0v) is 9.50. The molecule has 0 aromatic heterocycles. The first-order valence-electron chi connectivity index (χ1n) is 6.21. The van der Waals surface area contributed by atoms with Gasteiger partial charge in [0.25, 0.3) is 0 Å². The number of unbranched alkanes of at least 4 members (excludes halogenated alkanes) is 2. The van der Waals surface area contributed by atoms with Gasteiger partial charge < -0.3 is 10.4 Å². The normalized spacial score (nSPS) is 16.3. The standard InChI is InChI=1S/C12H23NO2/c14-12(15)7-2-1-3-9-13-10-8-11-5-4-6-11/h11,13H,1-10H2,(H,14,15). The summed E-state index contributed by atoms with van der Waals surface area (Å²) in [6.45, 7) is 2.19. The topological polar surface area (TPSA) is 49.3 Å². The van der Waals surface area contributed by atoms with E-state index in [2.05, 4.69) is 5.32 Å². The zero-order chi connectivity index (χ0) is 10.9. The molecule has 0 amide bonds. The molecule has 88 valence electrons. The van der Waals surface area contributed by atoms with Crippen LogP contribution in [0.25, 0.3) is 0 Å². The lowest BCUT2D eigenvalue weighted by Crippen LogP contribution is -2.22. The van der Waals surface area contributed by atoms with E-state index in [1.807, 2.05) is 0 Å². The minimum Gasteiger partial charge on any atom is -0.481 e. The van der Waals surface area contributed by atoms with Crippen LogP contribution in [0.2, 0.25) is 0 Å². The molecule has 3 nitrogen and oxygen atoms in total. The second kappa shape index (κ2) is 7.69. The second-order valence-electron chi connectivity index (χ2n) is 4.54. The first kappa shape index (κ1) is 12.5. The van der Waals surface area contributed by atoms with Crippen LogP contribution >= 0.6 is 0 Å². The summed E-state index contributed by atoms with van der Waals surface area (Å²) in [5.41, 5.74) is 0. The number of carboxylic acid groups (broad SMARTS) is 1. The Morgan fingerprint density at radius 3 is 2.60 bits per heavy atom. The number of hydrogen-bond acceptors (Lipinski definition) is 2. The third kappa shape index (κ3) is 6.50. The number of carbonyl (C=O) groups is 1. The molecule has 0 radical (unpaired) electrons. The van der Waals surface area contributed by atoms with Gasteiger partial charge in [-0.25, -0.2) is 0 Å². The number of nitrogens with one attached hydrogen (secondary N) is 1. The maximum Gasteiger partial charge on any atom is 0.303 e. The van der Waals surface area contributed by atoms with E-state index in [-0.39, 0.29) is 0 Å². The third-order valence-electron chi connectivity index (χ3n) is 3.20. The van der Waals surface area contributed by atoms with E-state index in [4.69, 9.17) is 5.11 Å². The molecule has 1 rings (SSSR count). The molecule has 0 atom stereocenters. The van der Waals surface area contributed by atoms with Gasteiger partial charge in [-0.2, -0.15) is 0 Å². The van der Waals surface area contributed by atoms with Crippen LogP contribution < -0.4 is 5.32 Å². The molecule has 1 aliphatic rings. The molecule has 0 bridgehead atoms. The first-order chi connectivity index (χ1) is 7.29. The van der Waals surface area contributed by atoms with Crippen molar-refractivity contribution in [1.82, 2.24) is 5.32 Å². The number of carboxylic acids is 1. The third-order valence-corrected chi connectivity index (χ3v) is 3.20. The fourth-order valence-electron chi connectivity index (χ4n) is 1.92.